The van der Waals surface area contributed by atoms with Gasteiger partial charge in [-0.25, -0.2) is 0 Å². The number of benzene rings is 1. The highest BCUT2D eigenvalue weighted by Gasteiger charge is 1.94. The molecule has 1 heteroatoms. The van der Waals surface area contributed by atoms with Crippen molar-refractivity contribution in [3.8, 4) is 0 Å². The van der Waals surface area contributed by atoms with E-state index in [1.165, 1.54) is 12.1 Å². The molecule has 0 bridgehead atoms. The van der Waals surface area contributed by atoms with Crippen LogP contribution < -0.4 is 5.73 Å². The van der Waals surface area contributed by atoms with Gasteiger partial charge in [0.15, 0.2) is 0 Å². The zero-order valence-electron chi connectivity index (χ0n) is 11.5. The lowest BCUT2D eigenvalue weighted by Crippen LogP contribution is -2.17. The summed E-state index contributed by atoms with van der Waals surface area (Å²) in [4.78, 5) is 0. The third-order valence-corrected chi connectivity index (χ3v) is 1.05. The van der Waals surface area contributed by atoms with E-state index in [4.69, 9.17) is 14.0 Å². The Morgan fingerprint density at radius 2 is 2.40 bits per heavy atom. The fourth-order valence-electron chi connectivity index (χ4n) is 0.677. The zero-order valence-corrected chi connectivity index (χ0v) is 5.46. The van der Waals surface area contributed by atoms with Crippen LogP contribution in [0.2, 0.25) is 0 Å². The zero-order chi connectivity index (χ0) is 12.6. The van der Waals surface area contributed by atoms with Gasteiger partial charge in [-0.1, -0.05) is 30.3 Å². The molecule has 0 spiro atoms. The van der Waals surface area contributed by atoms with Crippen LogP contribution in [0.1, 0.15) is 20.6 Å². The minimum atomic E-state index is -2.90. The predicted molar refractivity (Wildman–Crippen MR) is 43.8 cm³/mol. The van der Waals surface area contributed by atoms with Gasteiger partial charge >= 0.3 is 0 Å². The molecule has 0 amide bonds. The summed E-state index contributed by atoms with van der Waals surface area (Å²) >= 11 is 0. The van der Waals surface area contributed by atoms with E-state index in [0.29, 0.717) is 0 Å². The van der Waals surface area contributed by atoms with Gasteiger partial charge in [-0.15, -0.1) is 0 Å². The molecule has 0 saturated heterocycles. The van der Waals surface area contributed by atoms with Gasteiger partial charge in [-0.3, -0.25) is 0 Å². The van der Waals surface area contributed by atoms with Crippen molar-refractivity contribution in [1.29, 1.82) is 0 Å². The molecule has 0 saturated carbocycles. The molecule has 10 heavy (non-hydrogen) atoms. The molecule has 0 aliphatic heterocycles. The summed E-state index contributed by atoms with van der Waals surface area (Å²) in [6.07, 6.45) is -2.44. The molecule has 0 radical (unpaired) electrons. The summed E-state index contributed by atoms with van der Waals surface area (Å²) in [5.41, 5.74) is 5.42. The van der Waals surface area contributed by atoms with Gasteiger partial charge in [-0.05, 0) is 18.8 Å². The molecular formula is C9H13N. The summed E-state index contributed by atoms with van der Waals surface area (Å²) < 4.78 is 44.4. The molecule has 1 unspecified atom stereocenters. The first-order valence-electron chi connectivity index (χ1n) is 5.95. The molecule has 1 aromatic rings. The van der Waals surface area contributed by atoms with Crippen molar-refractivity contribution in [3.05, 3.63) is 35.9 Å². The second-order valence-corrected chi connectivity index (χ2v) is 1.90. The number of hydrogen-bond acceptors (Lipinski definition) is 1. The van der Waals surface area contributed by atoms with Crippen LogP contribution in [0.5, 0.6) is 0 Å². The maximum absolute atomic E-state index is 7.72. The number of nitrogens with two attached hydrogens (primary N) is 1. The summed E-state index contributed by atoms with van der Waals surface area (Å²) in [5, 5.41) is 0. The first kappa shape index (κ1) is 2.67. The molecule has 2 N–H and O–H groups in total. The predicted octanol–water partition coefficient (Wildman–Crippen LogP) is 1.58. The molecule has 0 fully saturated rings. The van der Waals surface area contributed by atoms with E-state index >= 15 is 0 Å². The van der Waals surface area contributed by atoms with E-state index in [0.717, 1.165) is 0 Å². The average Bonchev–Trinajstić information content (AvgIpc) is 2.17. The maximum Gasteiger partial charge on any atom is 0.0463 e. The van der Waals surface area contributed by atoms with Crippen molar-refractivity contribution in [2.45, 2.75) is 19.2 Å². The third kappa shape index (κ3) is 2.19. The summed E-state index contributed by atoms with van der Waals surface area (Å²) in [7, 11) is 0. The first-order chi connectivity index (χ1) is 7.11. The van der Waals surface area contributed by atoms with Crippen molar-refractivity contribution in [2.75, 3.05) is 0 Å². The van der Waals surface area contributed by atoms with E-state index in [-0.39, 0.29) is 5.56 Å². The van der Waals surface area contributed by atoms with Crippen molar-refractivity contribution >= 4 is 0 Å². The molecule has 0 heterocycles. The monoisotopic (exact) mass is 142 g/mol. The molecule has 0 aliphatic rings. The topological polar surface area (TPSA) is 26.0 Å². The van der Waals surface area contributed by atoms with Crippen LogP contribution >= 0.6 is 0 Å². The van der Waals surface area contributed by atoms with Crippen LogP contribution in [0.25, 0.3) is 0 Å². The van der Waals surface area contributed by atoms with E-state index in [9.17, 15) is 0 Å². The minimum Gasteiger partial charge on any atom is -0.328 e. The quantitative estimate of drug-likeness (QED) is 0.623. The van der Waals surface area contributed by atoms with Gasteiger partial charge in [0, 0.05) is 14.2 Å². The summed E-state index contributed by atoms with van der Waals surface area (Å²) in [6.45, 7) is -2.90. The highest BCUT2D eigenvalue weighted by Crippen LogP contribution is 2.00. The molecule has 1 aromatic carbocycles. The Hall–Kier alpha value is -0.820. The molecule has 54 valence electrons. The lowest BCUT2D eigenvalue weighted by Gasteiger charge is -2.02. The van der Waals surface area contributed by atoms with Crippen LogP contribution in [0, 0.1) is 0 Å². The highest BCUT2D eigenvalue weighted by molar-refractivity contribution is 5.15. The SMILES string of the molecule is [2H]C([2H])([2H])C([2H])(N)[13C]([2H])([2H])c1ccccc1. The van der Waals surface area contributed by atoms with Crippen molar-refractivity contribution in [1.82, 2.24) is 0 Å². The lowest BCUT2D eigenvalue weighted by molar-refractivity contribution is 0.738. The molecule has 0 aliphatic carbocycles. The second-order valence-electron chi connectivity index (χ2n) is 1.90. The van der Waals surface area contributed by atoms with Crippen molar-refractivity contribution < 1.29 is 8.22 Å². The second kappa shape index (κ2) is 3.37. The highest BCUT2D eigenvalue weighted by atomic mass is 14.7. The van der Waals surface area contributed by atoms with Gasteiger partial charge in [-0.2, -0.15) is 0 Å². The Labute approximate surface area is 70.3 Å². The normalized spacial score (nSPS) is 27.7. The van der Waals surface area contributed by atoms with Crippen LogP contribution in [0.15, 0.2) is 30.3 Å². The largest absolute Gasteiger partial charge is 0.328 e. The molecule has 1 nitrogen and oxygen atoms in total. The number of rotatable bonds is 2. The Balaban J connectivity index is 3.22. The minimum absolute atomic E-state index is 0.0867. The smallest absolute Gasteiger partial charge is 0.0463 e. The van der Waals surface area contributed by atoms with Crippen LogP contribution in [0.4, 0.5) is 0 Å². The van der Waals surface area contributed by atoms with E-state index in [1.807, 2.05) is 0 Å². The first-order valence-corrected chi connectivity index (χ1v) is 2.95. The fourth-order valence-corrected chi connectivity index (χ4v) is 0.677. The van der Waals surface area contributed by atoms with Crippen LogP contribution in [-0.4, -0.2) is 6.02 Å². The molecule has 0 aromatic heterocycles. The van der Waals surface area contributed by atoms with Gasteiger partial charge in [0.2, 0.25) is 0 Å². The van der Waals surface area contributed by atoms with Crippen LogP contribution in [-0.2, 0) is 6.37 Å². The summed E-state index contributed by atoms with van der Waals surface area (Å²) in [5.74, 6) is 0. The Bertz CT molecular complexity index is 356. The van der Waals surface area contributed by atoms with Crippen molar-refractivity contribution in [2.24, 2.45) is 5.73 Å². The Morgan fingerprint density at radius 1 is 1.70 bits per heavy atom. The molecular weight excluding hydrogens is 123 g/mol. The maximum atomic E-state index is 7.72. The van der Waals surface area contributed by atoms with Gasteiger partial charge in [0.1, 0.15) is 0 Å². The third-order valence-electron chi connectivity index (χ3n) is 1.05. The van der Waals surface area contributed by atoms with Crippen LogP contribution in [0.3, 0.4) is 0 Å². The standard InChI is InChI=1S/C9H13N/c1-8(10)7-9-5-3-2-4-6-9/h2-6,8H,7,10H2,1H3/i1D3,7+1D2,8D. The Morgan fingerprint density at radius 3 is 3.00 bits per heavy atom. The van der Waals surface area contributed by atoms with Gasteiger partial charge < -0.3 is 5.73 Å². The fraction of sp³-hybridized carbons (Fsp3) is 0.333. The van der Waals surface area contributed by atoms with E-state index in [2.05, 4.69) is 0 Å². The van der Waals surface area contributed by atoms with E-state index in [1.54, 1.807) is 18.2 Å². The van der Waals surface area contributed by atoms with Gasteiger partial charge in [0.05, 0.1) is 0 Å². The average molecular weight is 142 g/mol. The molecule has 1 rings (SSSR count). The lowest BCUT2D eigenvalue weighted by atomic mass is 10.2. The van der Waals surface area contributed by atoms with Gasteiger partial charge in [0.25, 0.3) is 0 Å². The Kier molecular flexibility index (Phi) is 0.899. The number of hydrogen-bond donors (Lipinski definition) is 1. The van der Waals surface area contributed by atoms with Crippen molar-refractivity contribution in [3.63, 3.8) is 0 Å². The van der Waals surface area contributed by atoms with E-state index < -0.39 is 19.2 Å². The molecule has 1 atom stereocenters. The summed E-state index contributed by atoms with van der Waals surface area (Å²) in [6, 6.07) is 4.98.